The fourth-order valence-electron chi connectivity index (χ4n) is 4.26. The molecule has 0 radical (unpaired) electrons. The number of benzene rings is 1. The molecule has 0 amide bonds. The van der Waals surface area contributed by atoms with Crippen molar-refractivity contribution >= 4 is 55.3 Å². The molecular formula is C23H29N3O5S3. The third-order valence-electron chi connectivity index (χ3n) is 5.99. The monoisotopic (exact) mass is 523 g/mol. The zero-order valence-electron chi connectivity index (χ0n) is 19.1. The number of esters is 1. The fraction of sp³-hybridized carbons (Fsp3) is 0.478. The minimum Gasteiger partial charge on any atom is -0.465 e. The minimum absolute atomic E-state index is 0.191. The van der Waals surface area contributed by atoms with Crippen LogP contribution in [0.2, 0.25) is 0 Å². The summed E-state index contributed by atoms with van der Waals surface area (Å²) in [6.45, 7) is 1.44. The van der Waals surface area contributed by atoms with Crippen LogP contribution in [-0.4, -0.2) is 57.2 Å². The van der Waals surface area contributed by atoms with Gasteiger partial charge < -0.3 is 20.1 Å². The Morgan fingerprint density at radius 1 is 1.12 bits per heavy atom. The molecule has 1 fully saturated rings. The summed E-state index contributed by atoms with van der Waals surface area (Å²) < 4.78 is 37.7. The number of carbonyl (C=O) groups excluding carboxylic acids is 1. The van der Waals surface area contributed by atoms with Crippen LogP contribution in [0.1, 0.15) is 46.5 Å². The Morgan fingerprint density at radius 2 is 1.85 bits per heavy atom. The Kier molecular flexibility index (Phi) is 8.20. The van der Waals surface area contributed by atoms with E-state index in [1.807, 2.05) is 0 Å². The maximum Gasteiger partial charge on any atom is 0.341 e. The maximum absolute atomic E-state index is 13.0. The zero-order valence-corrected chi connectivity index (χ0v) is 21.5. The smallest absolute Gasteiger partial charge is 0.341 e. The van der Waals surface area contributed by atoms with E-state index in [1.54, 1.807) is 24.3 Å². The van der Waals surface area contributed by atoms with Crippen LogP contribution in [0.15, 0.2) is 29.2 Å². The molecule has 1 aliphatic carbocycles. The molecule has 2 aliphatic rings. The molecule has 0 spiro atoms. The number of ether oxygens (including phenoxy) is 2. The molecule has 11 heteroatoms. The highest BCUT2D eigenvalue weighted by Crippen LogP contribution is 2.37. The first-order chi connectivity index (χ1) is 16.4. The molecule has 0 atom stereocenters. The molecule has 0 unspecified atom stereocenters. The van der Waals surface area contributed by atoms with Crippen molar-refractivity contribution in [3.8, 4) is 0 Å². The van der Waals surface area contributed by atoms with Gasteiger partial charge in [-0.25, -0.2) is 13.2 Å². The van der Waals surface area contributed by atoms with Crippen LogP contribution in [0, 0.1) is 0 Å². The number of thiophene rings is 1. The molecule has 1 aromatic carbocycles. The quantitative estimate of drug-likeness (QED) is 0.448. The van der Waals surface area contributed by atoms with Crippen molar-refractivity contribution in [1.29, 1.82) is 0 Å². The van der Waals surface area contributed by atoms with Crippen molar-refractivity contribution in [3.63, 3.8) is 0 Å². The number of nitrogens with one attached hydrogen (secondary N) is 2. The molecule has 2 N–H and O–H groups in total. The minimum atomic E-state index is -3.62. The molecule has 4 rings (SSSR count). The topological polar surface area (TPSA) is 97.0 Å². The number of aryl methyl sites for hydroxylation is 1. The van der Waals surface area contributed by atoms with Gasteiger partial charge in [0.25, 0.3) is 0 Å². The van der Waals surface area contributed by atoms with E-state index in [0.717, 1.165) is 37.7 Å². The van der Waals surface area contributed by atoms with Gasteiger partial charge in [0, 0.05) is 23.7 Å². The number of sulfonamides is 1. The van der Waals surface area contributed by atoms with Gasteiger partial charge in [0.1, 0.15) is 5.00 Å². The molecule has 0 bridgehead atoms. The van der Waals surface area contributed by atoms with Crippen molar-refractivity contribution in [2.24, 2.45) is 0 Å². The summed E-state index contributed by atoms with van der Waals surface area (Å²) in [5.74, 6) is -0.373. The molecule has 0 saturated carbocycles. The van der Waals surface area contributed by atoms with Crippen LogP contribution < -0.4 is 10.6 Å². The Balaban J connectivity index is 1.53. The van der Waals surface area contributed by atoms with Gasteiger partial charge in [0.05, 0.1) is 30.8 Å². The SMILES string of the molecule is COC(=O)c1c(NC(=S)Nc2cccc(S(=O)(=O)N3CCOCC3)c2)sc2c1CCCCCC2. The number of thiocarbonyl (C=S) groups is 1. The maximum atomic E-state index is 13.0. The highest BCUT2D eigenvalue weighted by atomic mass is 32.2. The van der Waals surface area contributed by atoms with Crippen molar-refractivity contribution in [3.05, 3.63) is 40.3 Å². The number of hydrogen-bond donors (Lipinski definition) is 2. The molecule has 2 aromatic rings. The summed E-state index contributed by atoms with van der Waals surface area (Å²) >= 11 is 7.05. The second kappa shape index (κ2) is 11.1. The highest BCUT2D eigenvalue weighted by Gasteiger charge is 2.27. The first kappa shape index (κ1) is 25.1. The average molecular weight is 524 g/mol. The van der Waals surface area contributed by atoms with Gasteiger partial charge in [-0.05, 0) is 61.7 Å². The van der Waals surface area contributed by atoms with E-state index in [1.165, 1.54) is 34.0 Å². The average Bonchev–Trinajstić information content (AvgIpc) is 3.14. The zero-order chi connectivity index (χ0) is 24.1. The van der Waals surface area contributed by atoms with Crippen molar-refractivity contribution in [2.75, 3.05) is 44.0 Å². The molecule has 34 heavy (non-hydrogen) atoms. The normalized spacial score (nSPS) is 17.2. The number of hydrogen-bond acceptors (Lipinski definition) is 7. The molecule has 2 heterocycles. The van der Waals surface area contributed by atoms with Gasteiger partial charge in [0.2, 0.25) is 10.0 Å². The second-order valence-corrected chi connectivity index (χ2v) is 11.7. The van der Waals surface area contributed by atoms with E-state index in [9.17, 15) is 13.2 Å². The highest BCUT2D eigenvalue weighted by molar-refractivity contribution is 7.89. The lowest BCUT2D eigenvalue weighted by molar-refractivity contribution is 0.0601. The van der Waals surface area contributed by atoms with Crippen LogP contribution >= 0.6 is 23.6 Å². The predicted octanol–water partition coefficient (Wildman–Crippen LogP) is 4.02. The molecule has 1 saturated heterocycles. The molecule has 8 nitrogen and oxygen atoms in total. The third kappa shape index (κ3) is 5.60. The van der Waals surface area contributed by atoms with Gasteiger partial charge in [-0.3, -0.25) is 0 Å². The lowest BCUT2D eigenvalue weighted by atomic mass is 9.96. The number of methoxy groups -OCH3 is 1. The lowest BCUT2D eigenvalue weighted by Crippen LogP contribution is -2.40. The Morgan fingerprint density at radius 3 is 2.59 bits per heavy atom. The van der Waals surface area contributed by atoms with Crippen LogP contribution in [0.25, 0.3) is 0 Å². The number of carbonyl (C=O) groups is 1. The molecule has 184 valence electrons. The number of rotatable bonds is 5. The first-order valence-corrected chi connectivity index (χ1v) is 14.1. The number of anilines is 2. The van der Waals surface area contributed by atoms with Crippen LogP contribution in [0.5, 0.6) is 0 Å². The largest absolute Gasteiger partial charge is 0.465 e. The summed E-state index contributed by atoms with van der Waals surface area (Å²) in [7, 11) is -2.23. The number of morpholine rings is 1. The van der Waals surface area contributed by atoms with E-state index >= 15 is 0 Å². The van der Waals surface area contributed by atoms with Gasteiger partial charge in [-0.15, -0.1) is 11.3 Å². The summed E-state index contributed by atoms with van der Waals surface area (Å²) in [4.78, 5) is 14.0. The summed E-state index contributed by atoms with van der Waals surface area (Å²) in [5, 5.41) is 7.16. The van der Waals surface area contributed by atoms with E-state index < -0.39 is 10.0 Å². The second-order valence-electron chi connectivity index (χ2n) is 8.24. The fourth-order valence-corrected chi connectivity index (χ4v) is 7.28. The number of nitrogens with zero attached hydrogens (tertiary/aromatic N) is 1. The van der Waals surface area contributed by atoms with E-state index in [-0.39, 0.29) is 16.0 Å². The van der Waals surface area contributed by atoms with Gasteiger partial charge in [-0.2, -0.15) is 4.31 Å². The summed E-state index contributed by atoms with van der Waals surface area (Å²) in [6.07, 6.45) is 6.27. The van der Waals surface area contributed by atoms with Crippen molar-refractivity contribution in [2.45, 2.75) is 43.4 Å². The summed E-state index contributed by atoms with van der Waals surface area (Å²) in [6, 6.07) is 6.56. The van der Waals surface area contributed by atoms with E-state index in [4.69, 9.17) is 21.7 Å². The van der Waals surface area contributed by atoms with Crippen LogP contribution in [-0.2, 0) is 32.3 Å². The number of fused-ring (bicyclic) bond motifs is 1. The van der Waals surface area contributed by atoms with Crippen molar-refractivity contribution in [1.82, 2.24) is 4.31 Å². The molecule has 1 aromatic heterocycles. The lowest BCUT2D eigenvalue weighted by Gasteiger charge is -2.26. The Labute approximate surface area is 209 Å². The standard InChI is InChI=1S/C23H29N3O5S3/c1-30-22(27)20-18-9-4-2-3-5-10-19(18)33-21(20)25-23(32)24-16-7-6-8-17(15-16)34(28,29)26-11-13-31-14-12-26/h6-8,15H,2-5,9-14H2,1H3,(H2,24,25,32). The Hall–Kier alpha value is -2.05. The summed E-state index contributed by atoms with van der Waals surface area (Å²) in [5.41, 5.74) is 2.15. The first-order valence-electron chi connectivity index (χ1n) is 11.4. The van der Waals surface area contributed by atoms with Crippen molar-refractivity contribution < 1.29 is 22.7 Å². The van der Waals surface area contributed by atoms with Gasteiger partial charge in [-0.1, -0.05) is 18.9 Å². The van der Waals surface area contributed by atoms with Gasteiger partial charge >= 0.3 is 5.97 Å². The molecule has 1 aliphatic heterocycles. The van der Waals surface area contributed by atoms with E-state index in [2.05, 4.69) is 10.6 Å². The van der Waals surface area contributed by atoms with Crippen LogP contribution in [0.3, 0.4) is 0 Å². The van der Waals surface area contributed by atoms with E-state index in [0.29, 0.717) is 42.6 Å². The third-order valence-corrected chi connectivity index (χ3v) is 9.29. The predicted molar refractivity (Wildman–Crippen MR) is 137 cm³/mol. The molecular weight excluding hydrogens is 494 g/mol. The van der Waals surface area contributed by atoms with Crippen LogP contribution in [0.4, 0.5) is 10.7 Å². The Bertz CT molecular complexity index is 1160. The van der Waals surface area contributed by atoms with Gasteiger partial charge in [0.15, 0.2) is 5.11 Å².